The highest BCUT2D eigenvalue weighted by atomic mass is 35.5. The molecule has 0 aromatic rings. The quantitative estimate of drug-likeness (QED) is 0.634. The van der Waals surface area contributed by atoms with Gasteiger partial charge in [-0.1, -0.05) is 6.92 Å². The minimum atomic E-state index is -1.67. The van der Waals surface area contributed by atoms with Crippen LogP contribution in [0.1, 0.15) is 19.8 Å². The van der Waals surface area contributed by atoms with Crippen LogP contribution in [0.15, 0.2) is 0 Å². The second-order valence-corrected chi connectivity index (χ2v) is 4.91. The zero-order valence-corrected chi connectivity index (χ0v) is 10.1. The van der Waals surface area contributed by atoms with Gasteiger partial charge in [0.25, 0.3) is 0 Å². The summed E-state index contributed by atoms with van der Waals surface area (Å²) in [4.78, 5) is -1.15. The number of aliphatic hydroxyl groups is 3. The highest BCUT2D eigenvalue weighted by Gasteiger charge is 2.42. The fraction of sp³-hybridized carbons (Fsp3) is 1.00. The minimum absolute atomic E-state index is 0.0578. The molecular weight excluding hydrogens is 250 g/mol. The predicted octanol–water partition coefficient (Wildman–Crippen LogP) is 1.28. The van der Waals surface area contributed by atoms with Crippen LogP contribution < -0.4 is 0 Å². The molecule has 3 unspecified atom stereocenters. The summed E-state index contributed by atoms with van der Waals surface area (Å²) in [5.74, 6) is 0. The second-order valence-electron chi connectivity index (χ2n) is 3.20. The van der Waals surface area contributed by atoms with E-state index in [-0.39, 0.29) is 13.0 Å². The minimum Gasteiger partial charge on any atom is -0.395 e. The molecule has 0 bridgehead atoms. The van der Waals surface area contributed by atoms with Gasteiger partial charge in [-0.25, -0.2) is 0 Å². The van der Waals surface area contributed by atoms with E-state index in [1.807, 2.05) is 0 Å². The Morgan fingerprint density at radius 3 is 2.07 bits per heavy atom. The lowest BCUT2D eigenvalue weighted by Crippen LogP contribution is -2.49. The van der Waals surface area contributed by atoms with Crippen molar-refractivity contribution in [1.82, 2.24) is 0 Å². The Balaban J connectivity index is 4.55. The number of aliphatic hydroxyl groups excluding tert-OH is 2. The van der Waals surface area contributed by atoms with Crippen molar-refractivity contribution in [2.75, 3.05) is 6.61 Å². The molecule has 6 heteroatoms. The number of hydrogen-bond donors (Lipinski definition) is 3. The largest absolute Gasteiger partial charge is 0.395 e. The SMILES string of the molecule is CCC(O)C(O)(CC(Cl)CO)C(Cl)Cl. The van der Waals surface area contributed by atoms with Crippen LogP contribution in [0.4, 0.5) is 0 Å². The van der Waals surface area contributed by atoms with Gasteiger partial charge in [-0.05, 0) is 12.8 Å². The Morgan fingerprint density at radius 2 is 1.79 bits per heavy atom. The first-order valence-corrected chi connectivity index (χ1v) is 5.62. The molecular formula is C8H15Cl3O3. The third-order valence-corrected chi connectivity index (χ3v) is 3.14. The fourth-order valence-electron chi connectivity index (χ4n) is 1.14. The zero-order chi connectivity index (χ0) is 11.4. The third-order valence-electron chi connectivity index (χ3n) is 2.09. The molecule has 0 radical (unpaired) electrons. The second kappa shape index (κ2) is 6.36. The van der Waals surface area contributed by atoms with Gasteiger partial charge in [0.1, 0.15) is 10.4 Å². The van der Waals surface area contributed by atoms with Crippen molar-refractivity contribution < 1.29 is 15.3 Å². The van der Waals surface area contributed by atoms with Crippen molar-refractivity contribution in [1.29, 1.82) is 0 Å². The van der Waals surface area contributed by atoms with Crippen molar-refractivity contribution in [2.45, 2.75) is 41.7 Å². The lowest BCUT2D eigenvalue weighted by molar-refractivity contribution is -0.0737. The number of hydrogen-bond acceptors (Lipinski definition) is 3. The van der Waals surface area contributed by atoms with Gasteiger partial charge in [0, 0.05) is 0 Å². The number of alkyl halides is 3. The normalized spacial score (nSPS) is 20.6. The first-order valence-electron chi connectivity index (χ1n) is 4.32. The maximum atomic E-state index is 9.95. The molecule has 0 aliphatic heterocycles. The maximum absolute atomic E-state index is 9.95. The van der Waals surface area contributed by atoms with Gasteiger partial charge in [-0.2, -0.15) is 0 Å². The van der Waals surface area contributed by atoms with Gasteiger partial charge in [0.05, 0.1) is 18.1 Å². The first-order chi connectivity index (χ1) is 6.38. The van der Waals surface area contributed by atoms with E-state index in [1.54, 1.807) is 6.92 Å². The van der Waals surface area contributed by atoms with E-state index in [2.05, 4.69) is 0 Å². The molecule has 0 amide bonds. The van der Waals surface area contributed by atoms with Crippen LogP contribution in [0.5, 0.6) is 0 Å². The van der Waals surface area contributed by atoms with Crippen molar-refractivity contribution in [3.63, 3.8) is 0 Å². The van der Waals surface area contributed by atoms with E-state index < -0.39 is 21.9 Å². The Morgan fingerprint density at radius 1 is 1.29 bits per heavy atom. The molecule has 3 atom stereocenters. The number of rotatable bonds is 6. The molecule has 0 aliphatic carbocycles. The molecule has 0 fully saturated rings. The summed E-state index contributed by atoms with van der Waals surface area (Å²) in [6.45, 7) is 1.38. The van der Waals surface area contributed by atoms with Crippen LogP contribution >= 0.6 is 34.8 Å². The monoisotopic (exact) mass is 264 g/mol. The van der Waals surface area contributed by atoms with Crippen molar-refractivity contribution >= 4 is 34.8 Å². The molecule has 0 aromatic heterocycles. The smallest absolute Gasteiger partial charge is 0.138 e. The van der Waals surface area contributed by atoms with Gasteiger partial charge < -0.3 is 15.3 Å². The average molecular weight is 266 g/mol. The molecule has 0 spiro atoms. The Bertz CT molecular complexity index is 168. The summed E-state index contributed by atoms with van der Waals surface area (Å²) in [6, 6.07) is 0. The van der Waals surface area contributed by atoms with Crippen molar-refractivity contribution in [2.24, 2.45) is 0 Å². The maximum Gasteiger partial charge on any atom is 0.138 e. The zero-order valence-electron chi connectivity index (χ0n) is 7.83. The summed E-state index contributed by atoms with van der Waals surface area (Å²) in [6.07, 6.45) is -0.811. The number of halogens is 3. The molecule has 0 rings (SSSR count). The van der Waals surface area contributed by atoms with Crippen LogP contribution in [0.25, 0.3) is 0 Å². The van der Waals surface area contributed by atoms with Crippen LogP contribution in [0.2, 0.25) is 0 Å². The van der Waals surface area contributed by atoms with Crippen LogP contribution in [-0.4, -0.2) is 43.8 Å². The van der Waals surface area contributed by atoms with Gasteiger partial charge in [-0.3, -0.25) is 0 Å². The summed E-state index contributed by atoms with van der Waals surface area (Å²) in [5.41, 5.74) is -1.67. The molecule has 0 aliphatic rings. The lowest BCUT2D eigenvalue weighted by atomic mass is 9.91. The molecule has 14 heavy (non-hydrogen) atoms. The Hall–Kier alpha value is 0.750. The van der Waals surface area contributed by atoms with E-state index in [4.69, 9.17) is 39.9 Å². The molecule has 0 heterocycles. The summed E-state index contributed by atoms with van der Waals surface area (Å²) in [5, 5.41) is 27.5. The topological polar surface area (TPSA) is 60.7 Å². The van der Waals surface area contributed by atoms with Crippen molar-refractivity contribution in [3.05, 3.63) is 0 Å². The van der Waals surface area contributed by atoms with E-state index in [9.17, 15) is 10.2 Å². The van der Waals surface area contributed by atoms with Crippen LogP contribution in [0, 0.1) is 0 Å². The van der Waals surface area contributed by atoms with Gasteiger partial charge >= 0.3 is 0 Å². The van der Waals surface area contributed by atoms with E-state index in [0.29, 0.717) is 6.42 Å². The fourth-order valence-corrected chi connectivity index (χ4v) is 1.86. The highest BCUT2D eigenvalue weighted by molar-refractivity contribution is 6.45. The molecule has 3 N–H and O–H groups in total. The molecule has 0 saturated heterocycles. The Labute approximate surface area is 98.6 Å². The third kappa shape index (κ3) is 3.72. The molecule has 3 nitrogen and oxygen atoms in total. The van der Waals surface area contributed by atoms with Gasteiger partial charge in [-0.15, -0.1) is 34.8 Å². The molecule has 0 aromatic carbocycles. The molecule has 86 valence electrons. The standard InChI is InChI=1S/C8H15Cl3O3/c1-2-6(13)8(14,7(10)11)3-5(9)4-12/h5-7,12-14H,2-4H2,1H3. The highest BCUT2D eigenvalue weighted by Crippen LogP contribution is 2.31. The first kappa shape index (κ1) is 14.8. The predicted molar refractivity (Wildman–Crippen MR) is 58.1 cm³/mol. The van der Waals surface area contributed by atoms with E-state index >= 15 is 0 Å². The van der Waals surface area contributed by atoms with E-state index in [1.165, 1.54) is 0 Å². The molecule has 0 saturated carbocycles. The van der Waals surface area contributed by atoms with E-state index in [0.717, 1.165) is 0 Å². The van der Waals surface area contributed by atoms with Crippen molar-refractivity contribution in [3.8, 4) is 0 Å². The Kier molecular flexibility index (Phi) is 6.70. The lowest BCUT2D eigenvalue weighted by Gasteiger charge is -2.34. The summed E-state index contributed by atoms with van der Waals surface area (Å²) >= 11 is 16.8. The van der Waals surface area contributed by atoms with Crippen LogP contribution in [0.3, 0.4) is 0 Å². The van der Waals surface area contributed by atoms with Crippen LogP contribution in [-0.2, 0) is 0 Å². The summed E-state index contributed by atoms with van der Waals surface area (Å²) < 4.78 is 0. The average Bonchev–Trinajstić information content (AvgIpc) is 2.15. The van der Waals surface area contributed by atoms with Gasteiger partial charge in [0.2, 0.25) is 0 Å². The summed E-state index contributed by atoms with van der Waals surface area (Å²) in [7, 11) is 0. The van der Waals surface area contributed by atoms with Gasteiger partial charge in [0.15, 0.2) is 0 Å².